The largest absolute Gasteiger partial charge is 0.353 e. The molecule has 1 aromatic heterocycles. The Balaban J connectivity index is 2.59. The monoisotopic (exact) mass is 252 g/mol. The molecule has 1 N–H and O–H groups in total. The van der Waals surface area contributed by atoms with Gasteiger partial charge in [-0.15, -0.1) is 0 Å². The summed E-state index contributed by atoms with van der Waals surface area (Å²) in [5.74, 6) is 0.970. The van der Waals surface area contributed by atoms with Crippen LogP contribution in [0.5, 0.6) is 0 Å². The summed E-state index contributed by atoms with van der Waals surface area (Å²) in [6.07, 6.45) is 3.91. The summed E-state index contributed by atoms with van der Waals surface area (Å²) in [6.45, 7) is 15.3. The Hall–Kier alpha value is -1.03. The predicted molar refractivity (Wildman–Crippen MR) is 78.0 cm³/mol. The van der Waals surface area contributed by atoms with Crippen LogP contribution in [-0.2, 0) is 6.54 Å². The number of imidazole rings is 1. The van der Waals surface area contributed by atoms with Gasteiger partial charge < -0.3 is 9.88 Å². The molecule has 0 saturated heterocycles. The van der Waals surface area contributed by atoms with Crippen LogP contribution in [0, 0.1) is 0 Å². The molecule has 0 aliphatic heterocycles. The standard InChI is InChI=1S/C14H28N4/c1-11(2)16-14-15-7-8-17(14)9-10-18(12(3)4)13(5)6/h7-8,11-13H,9-10H2,1-6H3,(H,15,16). The van der Waals surface area contributed by atoms with Crippen LogP contribution in [0.4, 0.5) is 5.95 Å². The van der Waals surface area contributed by atoms with Gasteiger partial charge in [-0.25, -0.2) is 4.98 Å². The number of nitrogens with one attached hydrogen (secondary N) is 1. The molecule has 0 aliphatic carbocycles. The lowest BCUT2D eigenvalue weighted by Crippen LogP contribution is -2.39. The van der Waals surface area contributed by atoms with Gasteiger partial charge in [-0.05, 0) is 41.5 Å². The van der Waals surface area contributed by atoms with Crippen LogP contribution >= 0.6 is 0 Å². The van der Waals surface area contributed by atoms with E-state index in [4.69, 9.17) is 0 Å². The van der Waals surface area contributed by atoms with Gasteiger partial charge in [0.05, 0.1) is 0 Å². The van der Waals surface area contributed by atoms with Crippen LogP contribution in [0.15, 0.2) is 12.4 Å². The number of hydrogen-bond donors (Lipinski definition) is 1. The summed E-state index contributed by atoms with van der Waals surface area (Å²) in [5, 5.41) is 3.37. The molecular weight excluding hydrogens is 224 g/mol. The van der Waals surface area contributed by atoms with Gasteiger partial charge in [-0.2, -0.15) is 0 Å². The van der Waals surface area contributed by atoms with Crippen molar-refractivity contribution in [3.63, 3.8) is 0 Å². The van der Waals surface area contributed by atoms with E-state index in [1.807, 2.05) is 12.4 Å². The third-order valence-corrected chi connectivity index (χ3v) is 3.06. The van der Waals surface area contributed by atoms with E-state index >= 15 is 0 Å². The molecule has 4 nitrogen and oxygen atoms in total. The normalized spacial score (nSPS) is 12.1. The maximum Gasteiger partial charge on any atom is 0.203 e. The second kappa shape index (κ2) is 6.78. The number of rotatable bonds is 7. The van der Waals surface area contributed by atoms with E-state index < -0.39 is 0 Å². The van der Waals surface area contributed by atoms with Gasteiger partial charge in [-0.3, -0.25) is 4.90 Å². The Morgan fingerprint density at radius 3 is 2.28 bits per heavy atom. The molecule has 4 heteroatoms. The summed E-state index contributed by atoms with van der Waals surface area (Å²) >= 11 is 0. The van der Waals surface area contributed by atoms with Crippen molar-refractivity contribution in [2.75, 3.05) is 11.9 Å². The summed E-state index contributed by atoms with van der Waals surface area (Å²) in [7, 11) is 0. The van der Waals surface area contributed by atoms with E-state index in [1.54, 1.807) is 0 Å². The van der Waals surface area contributed by atoms with Gasteiger partial charge in [0.25, 0.3) is 0 Å². The molecule has 0 fully saturated rings. The molecular formula is C14H28N4. The number of hydrogen-bond acceptors (Lipinski definition) is 3. The fourth-order valence-corrected chi connectivity index (χ4v) is 2.22. The molecule has 0 spiro atoms. The van der Waals surface area contributed by atoms with Crippen molar-refractivity contribution in [3.05, 3.63) is 12.4 Å². The predicted octanol–water partition coefficient (Wildman–Crippen LogP) is 2.82. The SMILES string of the molecule is CC(C)Nc1nccn1CCN(C(C)C)C(C)C. The van der Waals surface area contributed by atoms with Gasteiger partial charge in [0, 0.05) is 43.6 Å². The minimum atomic E-state index is 0.414. The van der Waals surface area contributed by atoms with E-state index in [0.717, 1.165) is 19.0 Å². The third kappa shape index (κ3) is 4.33. The van der Waals surface area contributed by atoms with Crippen LogP contribution in [0.2, 0.25) is 0 Å². The Morgan fingerprint density at radius 2 is 1.78 bits per heavy atom. The van der Waals surface area contributed by atoms with Crippen LogP contribution in [-0.4, -0.2) is 39.1 Å². The van der Waals surface area contributed by atoms with E-state index in [9.17, 15) is 0 Å². The van der Waals surface area contributed by atoms with E-state index in [1.165, 1.54) is 0 Å². The zero-order valence-corrected chi connectivity index (χ0v) is 12.6. The number of aromatic nitrogens is 2. The van der Waals surface area contributed by atoms with Crippen LogP contribution in [0.3, 0.4) is 0 Å². The first kappa shape index (κ1) is 15.0. The zero-order valence-electron chi connectivity index (χ0n) is 12.6. The summed E-state index contributed by atoms with van der Waals surface area (Å²) in [5.41, 5.74) is 0. The molecule has 0 bridgehead atoms. The highest BCUT2D eigenvalue weighted by Crippen LogP contribution is 2.09. The lowest BCUT2D eigenvalue weighted by atomic mass is 10.2. The van der Waals surface area contributed by atoms with Crippen molar-refractivity contribution in [1.82, 2.24) is 14.5 Å². The zero-order chi connectivity index (χ0) is 13.7. The smallest absolute Gasteiger partial charge is 0.203 e. The minimum Gasteiger partial charge on any atom is -0.353 e. The molecule has 18 heavy (non-hydrogen) atoms. The lowest BCUT2D eigenvalue weighted by Gasteiger charge is -2.30. The molecule has 0 saturated carbocycles. The van der Waals surface area contributed by atoms with Gasteiger partial charge in [0.2, 0.25) is 5.95 Å². The molecule has 0 radical (unpaired) electrons. The topological polar surface area (TPSA) is 33.1 Å². The molecule has 0 aliphatic rings. The first-order chi connectivity index (χ1) is 8.41. The Morgan fingerprint density at radius 1 is 1.17 bits per heavy atom. The highest BCUT2D eigenvalue weighted by atomic mass is 15.2. The van der Waals surface area contributed by atoms with Crippen LogP contribution in [0.25, 0.3) is 0 Å². The highest BCUT2D eigenvalue weighted by molar-refractivity contribution is 5.26. The summed E-state index contributed by atoms with van der Waals surface area (Å²) in [4.78, 5) is 6.86. The second-order valence-corrected chi connectivity index (χ2v) is 5.67. The minimum absolute atomic E-state index is 0.414. The second-order valence-electron chi connectivity index (χ2n) is 5.67. The summed E-state index contributed by atoms with van der Waals surface area (Å²) < 4.78 is 2.19. The van der Waals surface area contributed by atoms with Crippen molar-refractivity contribution in [3.8, 4) is 0 Å². The Bertz CT molecular complexity index is 333. The van der Waals surface area contributed by atoms with E-state index in [-0.39, 0.29) is 0 Å². The number of anilines is 1. The summed E-state index contributed by atoms with van der Waals surface area (Å²) in [6, 6.07) is 1.57. The fourth-order valence-electron chi connectivity index (χ4n) is 2.22. The van der Waals surface area contributed by atoms with Crippen molar-refractivity contribution in [2.24, 2.45) is 0 Å². The van der Waals surface area contributed by atoms with Gasteiger partial charge >= 0.3 is 0 Å². The first-order valence-electron chi connectivity index (χ1n) is 6.95. The van der Waals surface area contributed by atoms with Crippen molar-refractivity contribution in [1.29, 1.82) is 0 Å². The Labute approximate surface area is 111 Å². The molecule has 1 rings (SSSR count). The average Bonchev–Trinajstić information content (AvgIpc) is 2.64. The molecule has 0 amide bonds. The number of nitrogens with zero attached hydrogens (tertiary/aromatic N) is 3. The molecule has 0 aromatic carbocycles. The molecule has 104 valence electrons. The van der Waals surface area contributed by atoms with Crippen molar-refractivity contribution < 1.29 is 0 Å². The van der Waals surface area contributed by atoms with Crippen molar-refractivity contribution >= 4 is 5.95 Å². The molecule has 1 heterocycles. The lowest BCUT2D eigenvalue weighted by molar-refractivity contribution is 0.168. The van der Waals surface area contributed by atoms with Crippen LogP contribution in [0.1, 0.15) is 41.5 Å². The van der Waals surface area contributed by atoms with Crippen LogP contribution < -0.4 is 5.32 Å². The molecule has 0 atom stereocenters. The van der Waals surface area contributed by atoms with Crippen molar-refractivity contribution in [2.45, 2.75) is 66.2 Å². The molecule has 0 unspecified atom stereocenters. The first-order valence-corrected chi connectivity index (χ1v) is 6.95. The van der Waals surface area contributed by atoms with E-state index in [2.05, 4.69) is 61.3 Å². The van der Waals surface area contributed by atoms with Gasteiger partial charge in [-0.1, -0.05) is 0 Å². The highest BCUT2D eigenvalue weighted by Gasteiger charge is 2.13. The van der Waals surface area contributed by atoms with Gasteiger partial charge in [0.1, 0.15) is 0 Å². The maximum atomic E-state index is 4.36. The molecule has 1 aromatic rings. The quantitative estimate of drug-likeness (QED) is 0.810. The average molecular weight is 252 g/mol. The Kier molecular flexibility index (Phi) is 5.66. The maximum absolute atomic E-state index is 4.36. The van der Waals surface area contributed by atoms with E-state index in [0.29, 0.717) is 18.1 Å². The van der Waals surface area contributed by atoms with Gasteiger partial charge in [0.15, 0.2) is 0 Å². The fraction of sp³-hybridized carbons (Fsp3) is 0.786. The third-order valence-electron chi connectivity index (χ3n) is 3.06.